The molecule has 2 aromatic heterocycles. The maximum Gasteiger partial charge on any atom is 0.175 e. The van der Waals surface area contributed by atoms with Gasteiger partial charge in [-0.05, 0) is 30.3 Å². The molecular formula is C19H18N6O2S. The van der Waals surface area contributed by atoms with Crippen molar-refractivity contribution in [2.75, 3.05) is 42.2 Å². The van der Waals surface area contributed by atoms with Crippen LogP contribution in [0.1, 0.15) is 5.56 Å². The van der Waals surface area contributed by atoms with Crippen LogP contribution in [0.4, 0.5) is 11.6 Å². The van der Waals surface area contributed by atoms with Crippen molar-refractivity contribution in [3.05, 3.63) is 48.4 Å². The van der Waals surface area contributed by atoms with E-state index in [9.17, 15) is 13.7 Å². The fourth-order valence-corrected chi connectivity index (χ4v) is 4.02. The van der Waals surface area contributed by atoms with Crippen LogP contribution in [0.2, 0.25) is 0 Å². The molecule has 1 aliphatic heterocycles. The zero-order valence-corrected chi connectivity index (χ0v) is 16.1. The van der Waals surface area contributed by atoms with Crippen LogP contribution in [0.25, 0.3) is 10.9 Å². The second-order valence-corrected chi connectivity index (χ2v) is 8.62. The molecule has 0 unspecified atom stereocenters. The van der Waals surface area contributed by atoms with Gasteiger partial charge < -0.3 is 9.80 Å². The van der Waals surface area contributed by atoms with Gasteiger partial charge in [0.1, 0.15) is 24.0 Å². The predicted octanol–water partition coefficient (Wildman–Crippen LogP) is 1.63. The summed E-state index contributed by atoms with van der Waals surface area (Å²) in [7, 11) is -3.32. The second kappa shape index (κ2) is 7.05. The molecule has 9 heteroatoms. The van der Waals surface area contributed by atoms with Gasteiger partial charge in [0.15, 0.2) is 9.84 Å². The third-order valence-electron chi connectivity index (χ3n) is 4.80. The molecule has 0 spiro atoms. The van der Waals surface area contributed by atoms with Crippen LogP contribution < -0.4 is 9.80 Å². The Kier molecular flexibility index (Phi) is 4.57. The van der Waals surface area contributed by atoms with Gasteiger partial charge in [0.25, 0.3) is 0 Å². The predicted molar refractivity (Wildman–Crippen MR) is 106 cm³/mol. The number of hydrogen-bond acceptors (Lipinski definition) is 8. The number of hydrogen-bond donors (Lipinski definition) is 0. The van der Waals surface area contributed by atoms with E-state index < -0.39 is 9.84 Å². The molecule has 3 aromatic rings. The van der Waals surface area contributed by atoms with Gasteiger partial charge in [0, 0.05) is 44.0 Å². The molecule has 8 nitrogen and oxygen atoms in total. The van der Waals surface area contributed by atoms with E-state index in [2.05, 4.69) is 30.8 Å². The van der Waals surface area contributed by atoms with Crippen molar-refractivity contribution in [2.24, 2.45) is 0 Å². The molecule has 0 atom stereocenters. The average molecular weight is 394 g/mol. The highest BCUT2D eigenvalue weighted by Gasteiger charge is 2.23. The van der Waals surface area contributed by atoms with Gasteiger partial charge >= 0.3 is 0 Å². The van der Waals surface area contributed by atoms with Crippen LogP contribution in [-0.4, -0.2) is 55.8 Å². The Morgan fingerprint density at radius 3 is 2.39 bits per heavy atom. The summed E-state index contributed by atoms with van der Waals surface area (Å²) in [6, 6.07) is 10.6. The zero-order valence-electron chi connectivity index (χ0n) is 15.3. The highest BCUT2D eigenvalue weighted by molar-refractivity contribution is 7.90. The molecule has 1 saturated heterocycles. The number of anilines is 2. The van der Waals surface area contributed by atoms with Gasteiger partial charge in [0.2, 0.25) is 0 Å². The van der Waals surface area contributed by atoms with Crippen molar-refractivity contribution >= 4 is 32.4 Å². The molecule has 4 rings (SSSR count). The monoisotopic (exact) mass is 394 g/mol. The molecule has 0 saturated carbocycles. The Labute approximate surface area is 163 Å². The molecule has 28 heavy (non-hydrogen) atoms. The van der Waals surface area contributed by atoms with E-state index in [4.69, 9.17) is 0 Å². The number of sulfone groups is 1. The number of nitrogens with zero attached hydrogens (tertiary/aromatic N) is 6. The Hall–Kier alpha value is -3.25. The molecule has 0 N–H and O–H groups in total. The fourth-order valence-electron chi connectivity index (χ4n) is 3.37. The van der Waals surface area contributed by atoms with Crippen LogP contribution >= 0.6 is 0 Å². The lowest BCUT2D eigenvalue weighted by molar-refractivity contribution is 0.602. The smallest absolute Gasteiger partial charge is 0.175 e. The minimum absolute atomic E-state index is 0.252. The van der Waals surface area contributed by atoms with Gasteiger partial charge in [-0.2, -0.15) is 5.26 Å². The van der Waals surface area contributed by atoms with Gasteiger partial charge in [-0.1, -0.05) is 0 Å². The quantitative estimate of drug-likeness (QED) is 0.660. The maximum atomic E-state index is 11.9. The van der Waals surface area contributed by atoms with Gasteiger partial charge in [-0.15, -0.1) is 0 Å². The summed E-state index contributed by atoms with van der Waals surface area (Å²) in [5, 5.41) is 10.0. The van der Waals surface area contributed by atoms with Crippen LogP contribution in [0.5, 0.6) is 0 Å². The number of nitriles is 1. The Balaban J connectivity index is 1.63. The summed E-state index contributed by atoms with van der Waals surface area (Å²) < 4.78 is 23.9. The standard InChI is InChI=1S/C19H18N6O2S/c1-28(26,27)15-4-5-17-16(11-15)19(23-13-22-17)25-9-7-24(8-10-25)18-14(12-20)3-2-6-21-18/h2-6,11,13H,7-10H2,1H3. The van der Waals surface area contributed by atoms with Crippen molar-refractivity contribution in [3.8, 4) is 6.07 Å². The molecular weight excluding hydrogens is 376 g/mol. The largest absolute Gasteiger partial charge is 0.352 e. The highest BCUT2D eigenvalue weighted by Crippen LogP contribution is 2.27. The van der Waals surface area contributed by atoms with Gasteiger partial charge in [-0.3, -0.25) is 0 Å². The van der Waals surface area contributed by atoms with Crippen molar-refractivity contribution < 1.29 is 8.42 Å². The molecule has 1 fully saturated rings. The van der Waals surface area contributed by atoms with E-state index >= 15 is 0 Å². The minimum atomic E-state index is -3.32. The molecule has 0 aliphatic carbocycles. The van der Waals surface area contributed by atoms with Crippen LogP contribution in [-0.2, 0) is 9.84 Å². The average Bonchev–Trinajstić information content (AvgIpc) is 2.72. The first-order valence-corrected chi connectivity index (χ1v) is 10.7. The number of benzene rings is 1. The molecule has 1 aliphatic rings. The highest BCUT2D eigenvalue weighted by atomic mass is 32.2. The number of rotatable bonds is 3. The zero-order chi connectivity index (χ0) is 19.7. The summed E-state index contributed by atoms with van der Waals surface area (Å²) in [6.07, 6.45) is 4.37. The third-order valence-corrected chi connectivity index (χ3v) is 5.91. The summed E-state index contributed by atoms with van der Waals surface area (Å²) in [5.41, 5.74) is 1.26. The second-order valence-electron chi connectivity index (χ2n) is 6.61. The van der Waals surface area contributed by atoms with E-state index in [1.807, 2.05) is 0 Å². The normalized spacial score (nSPS) is 14.9. The molecule has 1 aromatic carbocycles. The lowest BCUT2D eigenvalue weighted by Gasteiger charge is -2.36. The number of pyridine rings is 1. The SMILES string of the molecule is CS(=O)(=O)c1ccc2ncnc(N3CCN(c4ncccc4C#N)CC3)c2c1. The van der Waals surface area contributed by atoms with Crippen molar-refractivity contribution in [1.29, 1.82) is 5.26 Å². The summed E-state index contributed by atoms with van der Waals surface area (Å²) in [4.78, 5) is 17.5. The lowest BCUT2D eigenvalue weighted by atomic mass is 10.2. The Morgan fingerprint density at radius 2 is 1.71 bits per heavy atom. The number of fused-ring (bicyclic) bond motifs is 1. The topological polar surface area (TPSA) is 103 Å². The fraction of sp³-hybridized carbons (Fsp3) is 0.263. The first kappa shape index (κ1) is 18.1. The van der Waals surface area contributed by atoms with Crippen molar-refractivity contribution in [3.63, 3.8) is 0 Å². The van der Waals surface area contributed by atoms with Gasteiger partial charge in [-0.25, -0.2) is 23.4 Å². The summed E-state index contributed by atoms with van der Waals surface area (Å²) >= 11 is 0. The van der Waals surface area contributed by atoms with Gasteiger partial charge in [0.05, 0.1) is 16.0 Å². The molecule has 0 radical (unpaired) electrons. The van der Waals surface area contributed by atoms with Crippen molar-refractivity contribution in [1.82, 2.24) is 15.0 Å². The third kappa shape index (κ3) is 3.34. The van der Waals surface area contributed by atoms with E-state index in [1.54, 1.807) is 36.5 Å². The van der Waals surface area contributed by atoms with E-state index in [0.717, 1.165) is 11.2 Å². The molecule has 0 bridgehead atoms. The first-order chi connectivity index (χ1) is 13.5. The Morgan fingerprint density at radius 1 is 1.00 bits per heavy atom. The van der Waals surface area contributed by atoms with Crippen molar-refractivity contribution in [2.45, 2.75) is 4.90 Å². The first-order valence-electron chi connectivity index (χ1n) is 8.77. The lowest BCUT2D eigenvalue weighted by Crippen LogP contribution is -2.47. The molecule has 142 valence electrons. The van der Waals surface area contributed by atoms with E-state index in [1.165, 1.54) is 12.6 Å². The van der Waals surface area contributed by atoms with E-state index in [-0.39, 0.29) is 4.90 Å². The van der Waals surface area contributed by atoms with E-state index in [0.29, 0.717) is 43.1 Å². The summed E-state index contributed by atoms with van der Waals surface area (Å²) in [5.74, 6) is 1.41. The number of aromatic nitrogens is 3. The molecule has 3 heterocycles. The minimum Gasteiger partial charge on any atom is -0.352 e. The maximum absolute atomic E-state index is 11.9. The summed E-state index contributed by atoms with van der Waals surface area (Å²) in [6.45, 7) is 2.72. The van der Waals surface area contributed by atoms with Crippen LogP contribution in [0.15, 0.2) is 47.8 Å². The Bertz CT molecular complexity index is 1180. The molecule has 0 amide bonds. The number of piperazine rings is 1. The van der Waals surface area contributed by atoms with Crippen LogP contribution in [0, 0.1) is 11.3 Å². The van der Waals surface area contributed by atoms with Crippen LogP contribution in [0.3, 0.4) is 0 Å².